The Balaban J connectivity index is 2.28. The van der Waals surface area contributed by atoms with E-state index in [1.807, 2.05) is 38.1 Å². The van der Waals surface area contributed by atoms with Crippen LogP contribution in [0.25, 0.3) is 0 Å². The van der Waals surface area contributed by atoms with Crippen molar-refractivity contribution in [3.63, 3.8) is 0 Å². The van der Waals surface area contributed by atoms with Gasteiger partial charge in [0, 0.05) is 12.0 Å². The molecule has 1 aliphatic heterocycles. The first-order chi connectivity index (χ1) is 9.93. The fraction of sp³-hybridized carbons (Fsp3) is 0.375. The fourth-order valence-corrected chi connectivity index (χ4v) is 4.09. The molecule has 0 fully saturated rings. The van der Waals surface area contributed by atoms with Crippen molar-refractivity contribution in [3.8, 4) is 0 Å². The SMILES string of the molecule is CC(C)c1oc2c(c1N)N(C(C)C)c1ccccc1[S+]2[O-]. The van der Waals surface area contributed by atoms with Gasteiger partial charge in [-0.25, -0.2) is 0 Å². The number of hydrogen-bond donors (Lipinski definition) is 1. The van der Waals surface area contributed by atoms with Crippen LogP contribution < -0.4 is 10.6 Å². The molecule has 112 valence electrons. The van der Waals surface area contributed by atoms with E-state index < -0.39 is 11.2 Å². The lowest BCUT2D eigenvalue weighted by Crippen LogP contribution is -2.31. The molecule has 2 heterocycles. The average molecular weight is 304 g/mol. The van der Waals surface area contributed by atoms with Gasteiger partial charge in [0.1, 0.15) is 11.4 Å². The number of hydrogen-bond acceptors (Lipinski definition) is 4. The van der Waals surface area contributed by atoms with E-state index >= 15 is 0 Å². The van der Waals surface area contributed by atoms with Gasteiger partial charge < -0.3 is 19.6 Å². The van der Waals surface area contributed by atoms with Crippen molar-refractivity contribution in [2.45, 2.75) is 49.6 Å². The first-order valence-corrected chi connectivity index (χ1v) is 8.30. The Morgan fingerprint density at radius 2 is 1.86 bits per heavy atom. The first kappa shape index (κ1) is 14.4. The van der Waals surface area contributed by atoms with Gasteiger partial charge in [-0.3, -0.25) is 0 Å². The number of fused-ring (bicyclic) bond motifs is 2. The Kier molecular flexibility index (Phi) is 3.42. The third kappa shape index (κ3) is 2.03. The Labute approximate surface area is 128 Å². The van der Waals surface area contributed by atoms with Crippen LogP contribution in [0.5, 0.6) is 0 Å². The maximum Gasteiger partial charge on any atom is 0.343 e. The quantitative estimate of drug-likeness (QED) is 0.851. The largest absolute Gasteiger partial charge is 0.604 e. The normalized spacial score (nSPS) is 17.3. The summed E-state index contributed by atoms with van der Waals surface area (Å²) in [4.78, 5) is 2.90. The molecule has 1 atom stereocenters. The lowest BCUT2D eigenvalue weighted by molar-refractivity contribution is 0.400. The van der Waals surface area contributed by atoms with Crippen LogP contribution in [-0.2, 0) is 11.2 Å². The van der Waals surface area contributed by atoms with Crippen molar-refractivity contribution in [2.24, 2.45) is 0 Å². The predicted octanol–water partition coefficient (Wildman–Crippen LogP) is 4.01. The van der Waals surface area contributed by atoms with Crippen LogP contribution in [0.2, 0.25) is 0 Å². The zero-order valence-electron chi connectivity index (χ0n) is 12.7. The van der Waals surface area contributed by atoms with Gasteiger partial charge in [0.05, 0.1) is 16.9 Å². The molecular weight excluding hydrogens is 284 g/mol. The summed E-state index contributed by atoms with van der Waals surface area (Å²) in [6.45, 7) is 8.24. The summed E-state index contributed by atoms with van der Waals surface area (Å²) in [7, 11) is 0. The summed E-state index contributed by atoms with van der Waals surface area (Å²) >= 11 is -1.32. The molecule has 1 aromatic carbocycles. The number of anilines is 3. The smallest absolute Gasteiger partial charge is 0.343 e. The monoisotopic (exact) mass is 304 g/mol. The second-order valence-corrected chi connectivity index (χ2v) is 7.22. The molecule has 0 bridgehead atoms. The topological polar surface area (TPSA) is 65.5 Å². The molecule has 2 N–H and O–H groups in total. The van der Waals surface area contributed by atoms with Gasteiger partial charge in [0.25, 0.3) is 0 Å². The Bertz CT molecular complexity index is 679. The van der Waals surface area contributed by atoms with Crippen molar-refractivity contribution in [1.82, 2.24) is 0 Å². The van der Waals surface area contributed by atoms with Gasteiger partial charge in [0.2, 0.25) is 0 Å². The third-order valence-electron chi connectivity index (χ3n) is 3.69. The van der Waals surface area contributed by atoms with Gasteiger partial charge in [0.15, 0.2) is 10.6 Å². The summed E-state index contributed by atoms with van der Waals surface area (Å²) < 4.78 is 18.7. The Morgan fingerprint density at radius 1 is 1.19 bits per heavy atom. The van der Waals surface area contributed by atoms with Crippen LogP contribution in [0, 0.1) is 0 Å². The van der Waals surface area contributed by atoms with Crippen LogP contribution >= 0.6 is 0 Å². The molecule has 21 heavy (non-hydrogen) atoms. The lowest BCUT2D eigenvalue weighted by Gasteiger charge is -2.33. The number of nitrogens with two attached hydrogens (primary N) is 1. The molecule has 5 heteroatoms. The number of nitrogen functional groups attached to an aromatic ring is 1. The lowest BCUT2D eigenvalue weighted by atomic mass is 10.1. The second-order valence-electron chi connectivity index (χ2n) is 5.87. The summed E-state index contributed by atoms with van der Waals surface area (Å²) in [5.41, 5.74) is 8.63. The van der Waals surface area contributed by atoms with Gasteiger partial charge in [-0.2, -0.15) is 0 Å². The van der Waals surface area contributed by atoms with Crippen molar-refractivity contribution < 1.29 is 8.97 Å². The molecule has 0 amide bonds. The van der Waals surface area contributed by atoms with E-state index in [9.17, 15) is 4.55 Å². The van der Waals surface area contributed by atoms with E-state index in [2.05, 4.69) is 18.7 Å². The molecule has 1 aliphatic rings. The van der Waals surface area contributed by atoms with E-state index in [0.29, 0.717) is 16.5 Å². The van der Waals surface area contributed by atoms with Crippen LogP contribution in [0.15, 0.2) is 38.7 Å². The molecule has 0 radical (unpaired) electrons. The molecule has 3 rings (SSSR count). The van der Waals surface area contributed by atoms with Crippen molar-refractivity contribution in [3.05, 3.63) is 30.0 Å². The number of rotatable bonds is 2. The van der Waals surface area contributed by atoms with Gasteiger partial charge >= 0.3 is 5.09 Å². The molecule has 1 unspecified atom stereocenters. The van der Waals surface area contributed by atoms with Crippen molar-refractivity contribution >= 4 is 28.2 Å². The number of para-hydroxylation sites is 1. The highest BCUT2D eigenvalue weighted by atomic mass is 32.2. The van der Waals surface area contributed by atoms with Gasteiger partial charge in [-0.05, 0) is 26.0 Å². The third-order valence-corrected chi connectivity index (χ3v) is 5.05. The van der Waals surface area contributed by atoms with Gasteiger partial charge in [-0.1, -0.05) is 26.0 Å². The highest BCUT2D eigenvalue weighted by Gasteiger charge is 2.41. The van der Waals surface area contributed by atoms with E-state index in [1.165, 1.54) is 0 Å². The van der Waals surface area contributed by atoms with Crippen LogP contribution in [0.3, 0.4) is 0 Å². The average Bonchev–Trinajstić information content (AvgIpc) is 2.77. The van der Waals surface area contributed by atoms with Crippen LogP contribution in [0.1, 0.15) is 39.4 Å². The zero-order chi connectivity index (χ0) is 15.3. The summed E-state index contributed by atoms with van der Waals surface area (Å²) in [5, 5.41) is 0.476. The molecule has 1 aromatic heterocycles. The molecule has 0 saturated heterocycles. The van der Waals surface area contributed by atoms with E-state index in [0.717, 1.165) is 16.3 Å². The zero-order valence-corrected chi connectivity index (χ0v) is 13.5. The molecule has 0 saturated carbocycles. The number of furan rings is 1. The molecular formula is C16H20N2O2S. The van der Waals surface area contributed by atoms with Crippen molar-refractivity contribution in [1.29, 1.82) is 0 Å². The fourth-order valence-electron chi connectivity index (χ4n) is 2.78. The minimum Gasteiger partial charge on any atom is -0.604 e. The molecule has 2 aromatic rings. The Hall–Kier alpha value is -1.59. The standard InChI is InChI=1S/C16H20N2O2S/c1-9(2)15-13(17)14-16(20-15)21(19)12-8-6-5-7-11(12)18(14)10(3)4/h5-10H,17H2,1-4H3. The first-order valence-electron chi connectivity index (χ1n) is 7.15. The highest BCUT2D eigenvalue weighted by Crippen LogP contribution is 2.51. The molecule has 0 aliphatic carbocycles. The Morgan fingerprint density at radius 3 is 2.48 bits per heavy atom. The second kappa shape index (κ2) is 5.00. The predicted molar refractivity (Wildman–Crippen MR) is 85.6 cm³/mol. The van der Waals surface area contributed by atoms with Gasteiger partial charge in [-0.15, -0.1) is 0 Å². The minimum absolute atomic E-state index is 0.157. The highest BCUT2D eigenvalue weighted by molar-refractivity contribution is 7.91. The minimum atomic E-state index is -1.32. The van der Waals surface area contributed by atoms with Crippen LogP contribution in [0.4, 0.5) is 17.1 Å². The summed E-state index contributed by atoms with van der Waals surface area (Å²) in [6.07, 6.45) is 0. The maximum atomic E-state index is 12.8. The molecule has 0 spiro atoms. The van der Waals surface area contributed by atoms with E-state index in [1.54, 1.807) is 0 Å². The van der Waals surface area contributed by atoms with E-state index in [4.69, 9.17) is 10.2 Å². The maximum absolute atomic E-state index is 12.8. The van der Waals surface area contributed by atoms with Crippen LogP contribution in [-0.4, -0.2) is 10.6 Å². The van der Waals surface area contributed by atoms with Crippen molar-refractivity contribution in [2.75, 3.05) is 10.6 Å². The summed E-state index contributed by atoms with van der Waals surface area (Å²) in [5.74, 6) is 0.872. The van der Waals surface area contributed by atoms with E-state index in [-0.39, 0.29) is 12.0 Å². The number of benzene rings is 1. The molecule has 4 nitrogen and oxygen atoms in total. The number of nitrogens with zero attached hydrogens (tertiary/aromatic N) is 1. The summed E-state index contributed by atoms with van der Waals surface area (Å²) in [6, 6.07) is 7.92.